The fourth-order valence-corrected chi connectivity index (χ4v) is 10.2. The van der Waals surface area contributed by atoms with Crippen LogP contribution in [0, 0.1) is 0 Å². The fraction of sp³-hybridized carbons (Fsp3) is 0.105. The van der Waals surface area contributed by atoms with Gasteiger partial charge in [-0.25, -0.2) is 0 Å². The van der Waals surface area contributed by atoms with Gasteiger partial charge in [-0.05, 0) is 42.0 Å². The molecule has 3 nitrogen and oxygen atoms in total. The van der Waals surface area contributed by atoms with Crippen LogP contribution in [0.15, 0.2) is 157 Å². The van der Waals surface area contributed by atoms with Gasteiger partial charge in [0.15, 0.2) is 11.5 Å². The van der Waals surface area contributed by atoms with Gasteiger partial charge in [-0.1, -0.05) is 109 Å². The highest BCUT2D eigenvalue weighted by molar-refractivity contribution is 7.95. The van der Waals surface area contributed by atoms with Crippen LogP contribution in [0.25, 0.3) is 0 Å². The number of hydrogen-bond donors (Lipinski definition) is 0. The third-order valence-electron chi connectivity index (χ3n) is 7.87. The lowest BCUT2D eigenvalue weighted by Gasteiger charge is -2.28. The highest BCUT2D eigenvalue weighted by atomic mass is 31.2. The van der Waals surface area contributed by atoms with Gasteiger partial charge < -0.3 is 4.74 Å². The minimum Gasteiger partial charge on any atom is -0.489 e. The van der Waals surface area contributed by atoms with Crippen molar-refractivity contribution in [3.8, 4) is 0 Å². The number of benzene rings is 5. The number of Topliss-reactive ketones (excluding diaryl/α,β-unsaturated/α-hetero) is 2. The quantitative estimate of drug-likeness (QED) is 0.135. The average Bonchev–Trinajstić information content (AvgIpc) is 3.06. The Kier molecular flexibility index (Phi) is 8.21. The maximum atomic E-state index is 13.7. The zero-order valence-electron chi connectivity index (χ0n) is 23.4. The number of fused-ring (bicyclic) bond motifs is 1. The van der Waals surface area contributed by atoms with Crippen molar-refractivity contribution >= 4 is 34.7 Å². The van der Waals surface area contributed by atoms with Gasteiger partial charge in [0.05, 0.1) is 18.3 Å². The van der Waals surface area contributed by atoms with E-state index in [4.69, 9.17) is 4.74 Å². The smallest absolute Gasteiger partial charge is 0.228 e. The molecule has 4 heteroatoms. The van der Waals surface area contributed by atoms with Crippen molar-refractivity contribution in [3.05, 3.63) is 174 Å². The second-order valence-electron chi connectivity index (χ2n) is 10.4. The molecule has 0 atom stereocenters. The third-order valence-corrected chi connectivity index (χ3v) is 12.4. The van der Waals surface area contributed by atoms with Gasteiger partial charge in [-0.15, -0.1) is 0 Å². The molecule has 0 amide bonds. The van der Waals surface area contributed by atoms with E-state index in [-0.39, 0.29) is 17.3 Å². The molecule has 0 bridgehead atoms. The molecule has 6 rings (SSSR count). The molecule has 0 saturated heterocycles. The summed E-state index contributed by atoms with van der Waals surface area (Å²) in [5.74, 6) is -0.166. The Morgan fingerprint density at radius 1 is 0.500 bits per heavy atom. The molecule has 0 aliphatic heterocycles. The van der Waals surface area contributed by atoms with Crippen molar-refractivity contribution in [3.63, 3.8) is 0 Å². The predicted molar refractivity (Wildman–Crippen MR) is 173 cm³/mol. The monoisotopic (exact) mass is 567 g/mol. The lowest BCUT2D eigenvalue weighted by atomic mass is 9.85. The molecule has 206 valence electrons. The summed E-state index contributed by atoms with van der Waals surface area (Å²) in [6, 6.07) is 49.0. The molecular formula is C38H32O3P+. The number of ketones is 2. The lowest BCUT2D eigenvalue weighted by molar-refractivity contribution is 0.0870. The number of hydrogen-bond acceptors (Lipinski definition) is 3. The summed E-state index contributed by atoms with van der Waals surface area (Å²) in [6.45, 7) is 0.336. The Labute approximate surface area is 247 Å². The molecule has 1 aliphatic carbocycles. The van der Waals surface area contributed by atoms with Crippen LogP contribution >= 0.6 is 7.26 Å². The Balaban J connectivity index is 1.33. The van der Waals surface area contributed by atoms with Crippen LogP contribution in [0.4, 0.5) is 0 Å². The van der Waals surface area contributed by atoms with Crippen molar-refractivity contribution in [2.24, 2.45) is 0 Å². The van der Waals surface area contributed by atoms with Gasteiger partial charge >= 0.3 is 0 Å². The SMILES string of the molecule is O=C1C(Cc2ccccc2)=C(OCCC[P+](c2ccccc2)(c2ccccc2)c2ccccc2)C(=O)c2ccccc21. The molecule has 0 saturated carbocycles. The van der Waals surface area contributed by atoms with E-state index in [1.165, 1.54) is 15.9 Å². The second-order valence-corrected chi connectivity index (χ2v) is 14.0. The van der Waals surface area contributed by atoms with Crippen molar-refractivity contribution in [1.29, 1.82) is 0 Å². The molecule has 5 aromatic rings. The van der Waals surface area contributed by atoms with Crippen LogP contribution < -0.4 is 15.9 Å². The molecule has 0 spiro atoms. The molecule has 0 heterocycles. The number of ether oxygens (including phenoxy) is 1. The molecule has 0 N–H and O–H groups in total. The van der Waals surface area contributed by atoms with Gasteiger partial charge in [0.1, 0.15) is 23.2 Å². The van der Waals surface area contributed by atoms with Gasteiger partial charge in [0.25, 0.3) is 0 Å². The Hall–Kier alpha value is -4.59. The van der Waals surface area contributed by atoms with Gasteiger partial charge in [0.2, 0.25) is 5.78 Å². The maximum absolute atomic E-state index is 13.7. The predicted octanol–water partition coefficient (Wildman–Crippen LogP) is 6.96. The molecular weight excluding hydrogens is 535 g/mol. The number of carbonyl (C=O) groups excluding carboxylic acids is 2. The van der Waals surface area contributed by atoms with E-state index in [2.05, 4.69) is 91.0 Å². The van der Waals surface area contributed by atoms with Crippen LogP contribution in [-0.4, -0.2) is 24.3 Å². The van der Waals surface area contributed by atoms with Crippen LogP contribution in [0.5, 0.6) is 0 Å². The fourth-order valence-electron chi connectivity index (χ4n) is 5.88. The van der Waals surface area contributed by atoms with Gasteiger partial charge in [-0.3, -0.25) is 9.59 Å². The summed E-state index contributed by atoms with van der Waals surface area (Å²) >= 11 is 0. The first-order valence-corrected chi connectivity index (χ1v) is 16.3. The van der Waals surface area contributed by atoms with E-state index >= 15 is 0 Å². The highest BCUT2D eigenvalue weighted by Crippen LogP contribution is 2.55. The lowest BCUT2D eigenvalue weighted by Crippen LogP contribution is -2.33. The molecule has 0 aromatic heterocycles. The molecule has 1 aliphatic rings. The van der Waals surface area contributed by atoms with Crippen LogP contribution in [0.1, 0.15) is 32.7 Å². The molecule has 0 fully saturated rings. The zero-order chi connectivity index (χ0) is 28.8. The van der Waals surface area contributed by atoms with Gasteiger partial charge in [-0.2, -0.15) is 0 Å². The first-order valence-electron chi connectivity index (χ1n) is 14.3. The maximum Gasteiger partial charge on any atom is 0.228 e. The van der Waals surface area contributed by atoms with E-state index in [0.29, 0.717) is 29.7 Å². The molecule has 42 heavy (non-hydrogen) atoms. The van der Waals surface area contributed by atoms with E-state index < -0.39 is 7.26 Å². The van der Waals surface area contributed by atoms with Crippen molar-refractivity contribution in [2.45, 2.75) is 12.8 Å². The largest absolute Gasteiger partial charge is 0.489 e. The van der Waals surface area contributed by atoms with E-state index in [9.17, 15) is 9.59 Å². The summed E-state index contributed by atoms with van der Waals surface area (Å²) in [6.07, 6.45) is 1.94. The third kappa shape index (κ3) is 5.36. The standard InChI is InChI=1S/C38H32O3P/c39-36-33-24-13-14-25-34(33)37(40)38(35(36)28-29-16-5-1-6-17-29)41-26-15-27-42(30-18-7-2-8-19-30,31-20-9-3-10-21-31)32-22-11-4-12-23-32/h1-14,16-25H,15,26-28H2/q+1. The van der Waals surface area contributed by atoms with Crippen LogP contribution in [-0.2, 0) is 11.2 Å². The minimum atomic E-state index is -2.02. The van der Waals surface area contributed by atoms with Crippen LogP contribution in [0.2, 0.25) is 0 Å². The number of allylic oxidation sites excluding steroid dienone is 2. The van der Waals surface area contributed by atoms with E-state index in [1.54, 1.807) is 24.3 Å². The van der Waals surface area contributed by atoms with Crippen LogP contribution in [0.3, 0.4) is 0 Å². The van der Waals surface area contributed by atoms with Crippen molar-refractivity contribution in [1.82, 2.24) is 0 Å². The summed E-state index contributed by atoms with van der Waals surface area (Å²) in [4.78, 5) is 27.3. The normalized spacial score (nSPS) is 13.1. The van der Waals surface area contributed by atoms with E-state index in [0.717, 1.165) is 18.1 Å². The summed E-state index contributed by atoms with van der Waals surface area (Å²) in [5, 5.41) is 3.93. The minimum absolute atomic E-state index is 0.135. The number of carbonyl (C=O) groups is 2. The topological polar surface area (TPSA) is 43.4 Å². The highest BCUT2D eigenvalue weighted by Gasteiger charge is 2.44. The summed E-state index contributed by atoms with van der Waals surface area (Å²) in [7, 11) is -2.02. The first-order chi connectivity index (χ1) is 20.7. The van der Waals surface area contributed by atoms with Crippen molar-refractivity contribution in [2.75, 3.05) is 12.8 Å². The van der Waals surface area contributed by atoms with E-state index in [1.807, 2.05) is 30.3 Å². The Bertz CT molecular complexity index is 1620. The molecule has 0 unspecified atom stereocenters. The second kappa shape index (κ2) is 12.5. The number of rotatable bonds is 10. The Morgan fingerprint density at radius 3 is 1.43 bits per heavy atom. The van der Waals surface area contributed by atoms with Gasteiger partial charge in [0, 0.05) is 24.0 Å². The van der Waals surface area contributed by atoms with Crippen molar-refractivity contribution < 1.29 is 14.3 Å². The zero-order valence-corrected chi connectivity index (χ0v) is 24.3. The summed E-state index contributed by atoms with van der Waals surface area (Å²) < 4.78 is 6.34. The average molecular weight is 568 g/mol. The first kappa shape index (κ1) is 27.6. The summed E-state index contributed by atoms with van der Waals surface area (Å²) in [5.41, 5.74) is 2.26. The molecule has 5 aromatic carbocycles. The molecule has 0 radical (unpaired) electrons. The Morgan fingerprint density at radius 2 is 0.929 bits per heavy atom.